The van der Waals surface area contributed by atoms with Gasteiger partial charge in [0.15, 0.2) is 0 Å². The van der Waals surface area contributed by atoms with Crippen LogP contribution in [0.15, 0.2) is 0 Å². The molecule has 5 heteroatoms. The summed E-state index contributed by atoms with van der Waals surface area (Å²) in [5, 5.41) is 12.5. The van der Waals surface area contributed by atoms with E-state index in [1.807, 2.05) is 0 Å². The molecular weight excluding hydrogens is 268 g/mol. The van der Waals surface area contributed by atoms with Gasteiger partial charge in [-0.25, -0.2) is 0 Å². The van der Waals surface area contributed by atoms with Gasteiger partial charge in [-0.05, 0) is 51.4 Å². The van der Waals surface area contributed by atoms with Gasteiger partial charge in [-0.2, -0.15) is 0 Å². The van der Waals surface area contributed by atoms with Gasteiger partial charge in [-0.1, -0.05) is 13.3 Å². The Kier molecular flexibility index (Phi) is 4.61. The van der Waals surface area contributed by atoms with Crippen molar-refractivity contribution in [3.63, 3.8) is 0 Å². The van der Waals surface area contributed by atoms with Gasteiger partial charge in [0.05, 0.1) is 10.8 Å². The zero-order valence-corrected chi connectivity index (χ0v) is 13.2. The molecule has 0 spiro atoms. The number of amides is 1. The van der Waals surface area contributed by atoms with Crippen LogP contribution >= 0.6 is 0 Å². The van der Waals surface area contributed by atoms with Gasteiger partial charge in [0, 0.05) is 12.6 Å². The third kappa shape index (κ3) is 2.93. The molecule has 0 aromatic carbocycles. The molecule has 2 aliphatic rings. The first-order chi connectivity index (χ1) is 9.84. The molecule has 2 unspecified atom stereocenters. The van der Waals surface area contributed by atoms with Gasteiger partial charge < -0.3 is 16.2 Å². The molecule has 0 aromatic rings. The Bertz CT molecular complexity index is 416. The lowest BCUT2D eigenvalue weighted by molar-refractivity contribution is -0.149. The summed E-state index contributed by atoms with van der Waals surface area (Å²) in [6.45, 7) is 4.30. The molecule has 2 saturated carbocycles. The normalized spacial score (nSPS) is 40.0. The fraction of sp³-hybridized carbons (Fsp3) is 0.875. The van der Waals surface area contributed by atoms with E-state index in [1.54, 1.807) is 6.92 Å². The number of hydrogen-bond acceptors (Lipinski definition) is 3. The standard InChI is InChI=1S/C16H28N2O3/c1-11-5-8-16(10-17,9-6-11)13(19)18-12-4-3-7-15(12,2)14(20)21/h11-12H,3-10,17H2,1-2H3,(H,18,19)(H,20,21). The molecule has 0 aliphatic heterocycles. The topological polar surface area (TPSA) is 92.4 Å². The van der Waals surface area contributed by atoms with E-state index >= 15 is 0 Å². The molecular formula is C16H28N2O3. The number of carbonyl (C=O) groups is 2. The van der Waals surface area contributed by atoms with Crippen molar-refractivity contribution in [1.29, 1.82) is 0 Å². The molecule has 4 N–H and O–H groups in total. The number of nitrogens with two attached hydrogens (primary N) is 1. The fourth-order valence-corrected chi connectivity index (χ4v) is 3.80. The first-order valence-electron chi connectivity index (χ1n) is 8.08. The Morgan fingerprint density at radius 1 is 1.24 bits per heavy atom. The van der Waals surface area contributed by atoms with Crippen molar-refractivity contribution in [2.24, 2.45) is 22.5 Å². The predicted molar refractivity (Wildman–Crippen MR) is 80.6 cm³/mol. The second-order valence-corrected chi connectivity index (χ2v) is 7.31. The second kappa shape index (κ2) is 5.95. The molecule has 1 amide bonds. The minimum atomic E-state index is -0.840. The van der Waals surface area contributed by atoms with Crippen LogP contribution < -0.4 is 11.1 Å². The Balaban J connectivity index is 2.08. The molecule has 120 valence electrons. The van der Waals surface area contributed by atoms with Gasteiger partial charge in [-0.15, -0.1) is 0 Å². The summed E-state index contributed by atoms with van der Waals surface area (Å²) < 4.78 is 0. The SMILES string of the molecule is CC1CCC(CN)(C(=O)NC2CCCC2(C)C(=O)O)CC1. The number of carboxylic acid groups (broad SMARTS) is 1. The number of nitrogens with one attached hydrogen (secondary N) is 1. The summed E-state index contributed by atoms with van der Waals surface area (Å²) in [5.41, 5.74) is 4.58. The van der Waals surface area contributed by atoms with E-state index in [4.69, 9.17) is 5.73 Å². The molecule has 0 heterocycles. The van der Waals surface area contributed by atoms with E-state index in [9.17, 15) is 14.7 Å². The Hall–Kier alpha value is -1.10. The first kappa shape index (κ1) is 16.3. The van der Waals surface area contributed by atoms with Gasteiger partial charge in [0.25, 0.3) is 0 Å². The van der Waals surface area contributed by atoms with Crippen molar-refractivity contribution in [2.45, 2.75) is 64.8 Å². The molecule has 2 rings (SSSR count). The van der Waals surface area contributed by atoms with Crippen molar-refractivity contribution >= 4 is 11.9 Å². The minimum absolute atomic E-state index is 0.0312. The van der Waals surface area contributed by atoms with Crippen LogP contribution in [0.1, 0.15) is 58.8 Å². The molecule has 21 heavy (non-hydrogen) atoms. The highest BCUT2D eigenvalue weighted by Gasteiger charge is 2.48. The number of carboxylic acids is 1. The van der Waals surface area contributed by atoms with Gasteiger partial charge >= 0.3 is 5.97 Å². The highest BCUT2D eigenvalue weighted by atomic mass is 16.4. The fourth-order valence-electron chi connectivity index (χ4n) is 3.80. The van der Waals surface area contributed by atoms with Crippen molar-refractivity contribution in [3.05, 3.63) is 0 Å². The van der Waals surface area contributed by atoms with Crippen LogP contribution in [-0.4, -0.2) is 29.6 Å². The van der Waals surface area contributed by atoms with Crippen molar-refractivity contribution in [2.75, 3.05) is 6.54 Å². The summed E-state index contributed by atoms with van der Waals surface area (Å²) in [6.07, 6.45) is 5.88. The van der Waals surface area contributed by atoms with Gasteiger partial charge in [0.2, 0.25) is 5.91 Å². The molecule has 0 saturated heterocycles. The molecule has 0 bridgehead atoms. The van der Waals surface area contributed by atoms with Gasteiger partial charge in [-0.3, -0.25) is 9.59 Å². The van der Waals surface area contributed by atoms with E-state index in [1.165, 1.54) is 0 Å². The quantitative estimate of drug-likeness (QED) is 0.738. The number of rotatable bonds is 4. The van der Waals surface area contributed by atoms with Crippen molar-refractivity contribution in [1.82, 2.24) is 5.32 Å². The summed E-state index contributed by atoms with van der Waals surface area (Å²) in [4.78, 5) is 24.2. The molecule has 2 atom stereocenters. The highest BCUT2D eigenvalue weighted by Crippen LogP contribution is 2.41. The number of carbonyl (C=O) groups excluding carboxylic acids is 1. The Labute approximate surface area is 126 Å². The Morgan fingerprint density at radius 2 is 1.86 bits per heavy atom. The maximum absolute atomic E-state index is 12.7. The van der Waals surface area contributed by atoms with Crippen molar-refractivity contribution in [3.8, 4) is 0 Å². The third-order valence-corrected chi connectivity index (χ3v) is 5.86. The number of hydrogen-bond donors (Lipinski definition) is 3. The van der Waals surface area contributed by atoms with E-state index in [0.29, 0.717) is 18.9 Å². The molecule has 0 aromatic heterocycles. The lowest BCUT2D eigenvalue weighted by Crippen LogP contribution is -2.54. The highest BCUT2D eigenvalue weighted by molar-refractivity contribution is 5.85. The smallest absolute Gasteiger partial charge is 0.311 e. The van der Waals surface area contributed by atoms with Crippen LogP contribution in [0.2, 0.25) is 0 Å². The molecule has 2 fully saturated rings. The van der Waals surface area contributed by atoms with Crippen LogP contribution in [0.4, 0.5) is 0 Å². The average Bonchev–Trinajstić information content (AvgIpc) is 2.83. The predicted octanol–water partition coefficient (Wildman–Crippen LogP) is 1.90. The number of aliphatic carboxylic acids is 1. The summed E-state index contributed by atoms with van der Waals surface area (Å²) >= 11 is 0. The maximum Gasteiger partial charge on any atom is 0.311 e. The molecule has 5 nitrogen and oxygen atoms in total. The van der Waals surface area contributed by atoms with Crippen LogP contribution in [0.3, 0.4) is 0 Å². The first-order valence-corrected chi connectivity index (χ1v) is 8.08. The van der Waals surface area contributed by atoms with E-state index in [-0.39, 0.29) is 11.9 Å². The summed E-state index contributed by atoms with van der Waals surface area (Å²) in [6, 6.07) is -0.273. The molecule has 0 radical (unpaired) electrons. The lowest BCUT2D eigenvalue weighted by Gasteiger charge is -2.39. The van der Waals surface area contributed by atoms with Crippen LogP contribution in [0.5, 0.6) is 0 Å². The second-order valence-electron chi connectivity index (χ2n) is 7.31. The Morgan fingerprint density at radius 3 is 2.38 bits per heavy atom. The third-order valence-electron chi connectivity index (χ3n) is 5.86. The maximum atomic E-state index is 12.7. The zero-order valence-electron chi connectivity index (χ0n) is 13.2. The van der Waals surface area contributed by atoms with E-state index < -0.39 is 16.8 Å². The van der Waals surface area contributed by atoms with Crippen LogP contribution in [0.25, 0.3) is 0 Å². The minimum Gasteiger partial charge on any atom is -0.481 e. The summed E-state index contributed by atoms with van der Waals surface area (Å²) in [5.74, 6) is -0.200. The monoisotopic (exact) mass is 296 g/mol. The summed E-state index contributed by atoms with van der Waals surface area (Å²) in [7, 11) is 0. The van der Waals surface area contributed by atoms with Crippen molar-refractivity contribution < 1.29 is 14.7 Å². The van der Waals surface area contributed by atoms with Gasteiger partial charge in [0.1, 0.15) is 0 Å². The van der Waals surface area contributed by atoms with E-state index in [0.717, 1.165) is 38.5 Å². The molecule has 2 aliphatic carbocycles. The van der Waals surface area contributed by atoms with Crippen LogP contribution in [0, 0.1) is 16.7 Å². The zero-order chi connectivity index (χ0) is 15.7. The largest absolute Gasteiger partial charge is 0.481 e. The van der Waals surface area contributed by atoms with E-state index in [2.05, 4.69) is 12.2 Å². The lowest BCUT2D eigenvalue weighted by atomic mass is 9.70. The van der Waals surface area contributed by atoms with Crippen LogP contribution in [-0.2, 0) is 9.59 Å². The average molecular weight is 296 g/mol.